The first kappa shape index (κ1) is 23.4. The van der Waals surface area contributed by atoms with E-state index in [9.17, 15) is 13.2 Å². The number of hydrogen-bond acceptors (Lipinski definition) is 6. The SMILES string of the molecule is Cc1ccc(-c2sc(NC(=O)C3CCCC3)nc2C)cc1S(=O)(=O)NCCN1CCCC1. The van der Waals surface area contributed by atoms with Gasteiger partial charge in [-0.05, 0) is 69.8 Å². The van der Waals surface area contributed by atoms with E-state index in [0.717, 1.165) is 61.5 Å². The summed E-state index contributed by atoms with van der Waals surface area (Å²) < 4.78 is 28.7. The van der Waals surface area contributed by atoms with Crippen LogP contribution < -0.4 is 10.0 Å². The maximum Gasteiger partial charge on any atom is 0.240 e. The van der Waals surface area contributed by atoms with Crippen molar-refractivity contribution in [3.63, 3.8) is 0 Å². The lowest BCUT2D eigenvalue weighted by atomic mass is 10.1. The molecule has 1 aliphatic carbocycles. The molecule has 1 amide bonds. The zero-order chi connectivity index (χ0) is 22.7. The average molecular weight is 477 g/mol. The molecule has 2 aliphatic rings. The van der Waals surface area contributed by atoms with Crippen molar-refractivity contribution in [2.75, 3.05) is 31.5 Å². The minimum Gasteiger partial charge on any atom is -0.302 e. The maximum atomic E-state index is 13.0. The molecule has 2 fully saturated rings. The van der Waals surface area contributed by atoms with E-state index in [0.29, 0.717) is 22.1 Å². The molecule has 2 N–H and O–H groups in total. The first-order valence-electron chi connectivity index (χ1n) is 11.4. The number of aromatic nitrogens is 1. The van der Waals surface area contributed by atoms with Gasteiger partial charge in [-0.15, -0.1) is 0 Å². The highest BCUT2D eigenvalue weighted by molar-refractivity contribution is 7.89. The zero-order valence-corrected chi connectivity index (χ0v) is 20.4. The Labute approximate surface area is 194 Å². The van der Waals surface area contributed by atoms with Crippen LogP contribution in [0.25, 0.3) is 10.4 Å². The number of rotatable bonds is 8. The molecule has 1 saturated heterocycles. The Kier molecular flexibility index (Phi) is 7.29. The van der Waals surface area contributed by atoms with Gasteiger partial charge in [0.2, 0.25) is 15.9 Å². The number of likely N-dealkylation sites (tertiary alicyclic amines) is 1. The monoisotopic (exact) mass is 476 g/mol. The maximum absolute atomic E-state index is 13.0. The Morgan fingerprint density at radius 3 is 2.59 bits per heavy atom. The normalized spacial score (nSPS) is 17.8. The van der Waals surface area contributed by atoms with Crippen molar-refractivity contribution in [1.82, 2.24) is 14.6 Å². The number of amides is 1. The van der Waals surface area contributed by atoms with E-state index in [2.05, 4.69) is 19.9 Å². The molecule has 2 heterocycles. The fourth-order valence-electron chi connectivity index (χ4n) is 4.57. The number of anilines is 1. The highest BCUT2D eigenvalue weighted by Gasteiger charge is 2.24. The highest BCUT2D eigenvalue weighted by atomic mass is 32.2. The third kappa shape index (κ3) is 5.39. The second-order valence-electron chi connectivity index (χ2n) is 8.83. The summed E-state index contributed by atoms with van der Waals surface area (Å²) in [6, 6.07) is 5.47. The summed E-state index contributed by atoms with van der Waals surface area (Å²) in [5, 5.41) is 3.53. The van der Waals surface area contributed by atoms with Gasteiger partial charge >= 0.3 is 0 Å². The van der Waals surface area contributed by atoms with Crippen molar-refractivity contribution >= 4 is 32.4 Å². The first-order chi connectivity index (χ1) is 15.3. The number of nitrogens with zero attached hydrogens (tertiary/aromatic N) is 2. The Hall–Kier alpha value is -1.81. The van der Waals surface area contributed by atoms with Crippen LogP contribution in [0.4, 0.5) is 5.13 Å². The number of sulfonamides is 1. The summed E-state index contributed by atoms with van der Waals surface area (Å²) in [5.74, 6) is 0.114. The minimum absolute atomic E-state index is 0.0391. The molecule has 9 heteroatoms. The molecular weight excluding hydrogens is 444 g/mol. The van der Waals surface area contributed by atoms with Crippen molar-refractivity contribution in [3.05, 3.63) is 29.5 Å². The quantitative estimate of drug-likeness (QED) is 0.602. The third-order valence-electron chi connectivity index (χ3n) is 6.41. The molecule has 1 aliphatic heterocycles. The van der Waals surface area contributed by atoms with E-state index in [1.165, 1.54) is 24.2 Å². The van der Waals surface area contributed by atoms with Crippen LogP contribution in [0.2, 0.25) is 0 Å². The van der Waals surface area contributed by atoms with E-state index in [-0.39, 0.29) is 11.8 Å². The molecule has 0 bridgehead atoms. The lowest BCUT2D eigenvalue weighted by molar-refractivity contribution is -0.119. The molecule has 1 saturated carbocycles. The van der Waals surface area contributed by atoms with E-state index >= 15 is 0 Å². The smallest absolute Gasteiger partial charge is 0.240 e. The molecule has 0 atom stereocenters. The molecule has 174 valence electrons. The minimum atomic E-state index is -3.61. The number of nitrogens with one attached hydrogen (secondary N) is 2. The predicted octanol–water partition coefficient (Wildman–Crippen LogP) is 3.93. The molecule has 0 spiro atoms. The number of hydrogen-bond donors (Lipinski definition) is 2. The number of carbonyl (C=O) groups is 1. The van der Waals surface area contributed by atoms with E-state index < -0.39 is 10.0 Å². The Morgan fingerprint density at radius 2 is 1.88 bits per heavy atom. The van der Waals surface area contributed by atoms with Crippen LogP contribution in [0.15, 0.2) is 23.1 Å². The van der Waals surface area contributed by atoms with Gasteiger partial charge in [0.25, 0.3) is 0 Å². The molecule has 7 nitrogen and oxygen atoms in total. The molecule has 4 rings (SSSR count). The fourth-order valence-corrected chi connectivity index (χ4v) is 6.82. The molecular formula is C23H32N4O3S2. The van der Waals surface area contributed by atoms with Crippen molar-refractivity contribution < 1.29 is 13.2 Å². The second-order valence-corrected chi connectivity index (χ2v) is 11.6. The lowest BCUT2D eigenvalue weighted by Gasteiger charge is -2.16. The number of aryl methyl sites for hydroxylation is 2. The van der Waals surface area contributed by atoms with Gasteiger partial charge < -0.3 is 10.2 Å². The molecule has 0 unspecified atom stereocenters. The fraction of sp³-hybridized carbons (Fsp3) is 0.565. The number of carbonyl (C=O) groups excluding carboxylic acids is 1. The van der Waals surface area contributed by atoms with Crippen LogP contribution >= 0.6 is 11.3 Å². The van der Waals surface area contributed by atoms with E-state index in [1.807, 2.05) is 26.0 Å². The van der Waals surface area contributed by atoms with Gasteiger partial charge in [-0.1, -0.05) is 36.3 Å². The standard InChI is InChI=1S/C23H32N4O3S2/c1-16-9-10-19(15-20(16)32(29,30)24-11-14-27-12-5-6-13-27)21-17(2)25-23(31-21)26-22(28)18-7-3-4-8-18/h9-10,15,18,24H,3-8,11-14H2,1-2H3,(H,25,26,28). The van der Waals surface area contributed by atoms with Gasteiger partial charge in [-0.2, -0.15) is 0 Å². The van der Waals surface area contributed by atoms with Crippen molar-refractivity contribution in [2.24, 2.45) is 5.92 Å². The third-order valence-corrected chi connectivity index (χ3v) is 9.14. The topological polar surface area (TPSA) is 91.4 Å². The van der Waals surface area contributed by atoms with Gasteiger partial charge in [0.15, 0.2) is 5.13 Å². The van der Waals surface area contributed by atoms with Gasteiger partial charge in [0.1, 0.15) is 0 Å². The summed E-state index contributed by atoms with van der Waals surface area (Å²) in [6.45, 7) is 6.92. The van der Waals surface area contributed by atoms with Crippen molar-refractivity contribution in [1.29, 1.82) is 0 Å². The van der Waals surface area contributed by atoms with Gasteiger partial charge in [-0.3, -0.25) is 4.79 Å². The predicted molar refractivity (Wildman–Crippen MR) is 128 cm³/mol. The lowest BCUT2D eigenvalue weighted by Crippen LogP contribution is -2.33. The second kappa shape index (κ2) is 9.99. The van der Waals surface area contributed by atoms with Crippen LogP contribution in [0, 0.1) is 19.8 Å². The zero-order valence-electron chi connectivity index (χ0n) is 18.8. The molecule has 1 aromatic heterocycles. The first-order valence-corrected chi connectivity index (χ1v) is 13.7. The average Bonchev–Trinajstić information content (AvgIpc) is 3.51. The Balaban J connectivity index is 1.49. The molecule has 2 aromatic rings. The van der Waals surface area contributed by atoms with Crippen LogP contribution in [-0.2, 0) is 14.8 Å². The molecule has 1 aromatic carbocycles. The summed E-state index contributed by atoms with van der Waals surface area (Å²) in [5.41, 5.74) is 2.29. The number of benzene rings is 1. The van der Waals surface area contributed by atoms with Gasteiger partial charge in [0.05, 0.1) is 15.5 Å². The van der Waals surface area contributed by atoms with Crippen LogP contribution in [0.3, 0.4) is 0 Å². The highest BCUT2D eigenvalue weighted by Crippen LogP contribution is 2.35. The Bertz CT molecular complexity index is 1070. The van der Waals surface area contributed by atoms with E-state index in [4.69, 9.17) is 0 Å². The van der Waals surface area contributed by atoms with Gasteiger partial charge in [-0.25, -0.2) is 18.1 Å². The summed E-state index contributed by atoms with van der Waals surface area (Å²) >= 11 is 1.39. The van der Waals surface area contributed by atoms with Crippen LogP contribution in [0.5, 0.6) is 0 Å². The van der Waals surface area contributed by atoms with Crippen molar-refractivity contribution in [2.45, 2.75) is 57.3 Å². The van der Waals surface area contributed by atoms with Crippen LogP contribution in [-0.4, -0.2) is 50.4 Å². The summed E-state index contributed by atoms with van der Waals surface area (Å²) in [4.78, 5) is 20.4. The Morgan fingerprint density at radius 1 is 1.16 bits per heavy atom. The van der Waals surface area contributed by atoms with Crippen LogP contribution in [0.1, 0.15) is 49.8 Å². The summed E-state index contributed by atoms with van der Waals surface area (Å²) in [6.07, 6.45) is 6.45. The number of thiazole rings is 1. The summed E-state index contributed by atoms with van der Waals surface area (Å²) in [7, 11) is -3.61. The van der Waals surface area contributed by atoms with Crippen molar-refractivity contribution in [3.8, 4) is 10.4 Å². The molecule has 0 radical (unpaired) electrons. The largest absolute Gasteiger partial charge is 0.302 e. The van der Waals surface area contributed by atoms with E-state index in [1.54, 1.807) is 6.07 Å². The molecule has 32 heavy (non-hydrogen) atoms. The van der Waals surface area contributed by atoms with Gasteiger partial charge in [0, 0.05) is 19.0 Å².